The zero-order valence-corrected chi connectivity index (χ0v) is 11.3. The maximum Gasteiger partial charge on any atom is 0.189 e. The highest BCUT2D eigenvalue weighted by atomic mass is 16.1. The summed E-state index contributed by atoms with van der Waals surface area (Å²) < 4.78 is 1.92. The molecule has 0 saturated carbocycles. The van der Waals surface area contributed by atoms with Crippen molar-refractivity contribution >= 4 is 11.9 Å². The van der Waals surface area contributed by atoms with Crippen LogP contribution in [0, 0.1) is 6.92 Å². The molecule has 0 unspecified atom stereocenters. The zero-order valence-electron chi connectivity index (χ0n) is 11.3. The van der Waals surface area contributed by atoms with E-state index in [0.29, 0.717) is 5.56 Å². The molecule has 98 valence electrons. The fourth-order valence-electron chi connectivity index (χ4n) is 1.60. The Morgan fingerprint density at radius 2 is 1.95 bits per heavy atom. The second kappa shape index (κ2) is 5.56. The molecule has 19 heavy (non-hydrogen) atoms. The van der Waals surface area contributed by atoms with Crippen molar-refractivity contribution in [3.8, 4) is 0 Å². The Bertz CT molecular complexity index is 611. The maximum absolute atomic E-state index is 11.9. The molecule has 0 N–H and O–H groups in total. The van der Waals surface area contributed by atoms with Crippen molar-refractivity contribution in [2.24, 2.45) is 7.05 Å². The molecule has 0 aliphatic carbocycles. The fraction of sp³-hybridized carbons (Fsp3) is 0.286. The molecule has 2 rings (SSSR count). The van der Waals surface area contributed by atoms with Gasteiger partial charge in [-0.15, -0.1) is 0 Å². The molecule has 0 spiro atoms. The molecule has 0 saturated heterocycles. The first-order valence-corrected chi connectivity index (χ1v) is 6.13. The summed E-state index contributed by atoms with van der Waals surface area (Å²) in [7, 11) is 1.91. The number of hydrogen-bond acceptors (Lipinski definition) is 4. The van der Waals surface area contributed by atoms with Gasteiger partial charge in [0.25, 0.3) is 0 Å². The van der Waals surface area contributed by atoms with Gasteiger partial charge >= 0.3 is 0 Å². The monoisotopic (exact) mass is 256 g/mol. The Morgan fingerprint density at radius 1 is 1.26 bits per heavy atom. The summed E-state index contributed by atoms with van der Waals surface area (Å²) in [5, 5.41) is 0. The number of aryl methyl sites for hydroxylation is 2. The predicted molar refractivity (Wildman–Crippen MR) is 72.7 cm³/mol. The zero-order chi connectivity index (χ0) is 13.8. The number of rotatable bonds is 4. The van der Waals surface area contributed by atoms with E-state index in [0.717, 1.165) is 23.8 Å². The predicted octanol–water partition coefficient (Wildman–Crippen LogP) is 1.98. The summed E-state index contributed by atoms with van der Waals surface area (Å²) in [6.45, 7) is 3.89. The molecule has 2 heterocycles. The van der Waals surface area contributed by atoms with E-state index in [1.807, 2.05) is 25.5 Å². The van der Waals surface area contributed by atoms with Gasteiger partial charge < -0.3 is 4.57 Å². The first-order chi connectivity index (χ1) is 9.11. The van der Waals surface area contributed by atoms with Gasteiger partial charge in [0.15, 0.2) is 5.78 Å². The summed E-state index contributed by atoms with van der Waals surface area (Å²) in [5.74, 6) is 1.53. The van der Waals surface area contributed by atoms with Gasteiger partial charge in [-0.25, -0.2) is 15.0 Å². The number of hydrogen-bond donors (Lipinski definition) is 0. The molecule has 0 fully saturated rings. The van der Waals surface area contributed by atoms with Crippen LogP contribution in [0.2, 0.25) is 0 Å². The fourth-order valence-corrected chi connectivity index (χ4v) is 1.60. The maximum atomic E-state index is 11.9. The molecule has 0 bridgehead atoms. The summed E-state index contributed by atoms with van der Waals surface area (Å²) >= 11 is 0. The number of imidazole rings is 1. The van der Waals surface area contributed by atoms with Crippen LogP contribution in [-0.4, -0.2) is 25.3 Å². The summed E-state index contributed by atoms with van der Waals surface area (Å²) in [5.41, 5.74) is 1.38. The van der Waals surface area contributed by atoms with Gasteiger partial charge in [0, 0.05) is 25.9 Å². The third-order valence-electron chi connectivity index (χ3n) is 2.97. The van der Waals surface area contributed by atoms with Crippen LogP contribution in [0.25, 0.3) is 6.08 Å². The van der Waals surface area contributed by atoms with Crippen molar-refractivity contribution in [2.45, 2.75) is 20.3 Å². The number of aromatic nitrogens is 4. The summed E-state index contributed by atoms with van der Waals surface area (Å²) in [4.78, 5) is 24.3. The van der Waals surface area contributed by atoms with E-state index in [4.69, 9.17) is 0 Å². The molecule has 0 aliphatic rings. The Balaban J connectivity index is 2.14. The molecule has 5 heteroatoms. The van der Waals surface area contributed by atoms with Gasteiger partial charge in [-0.2, -0.15) is 0 Å². The largest absolute Gasteiger partial charge is 0.332 e. The van der Waals surface area contributed by atoms with Crippen LogP contribution in [0.5, 0.6) is 0 Å². The topological polar surface area (TPSA) is 60.7 Å². The van der Waals surface area contributed by atoms with E-state index in [2.05, 4.69) is 15.0 Å². The quantitative estimate of drug-likeness (QED) is 0.620. The van der Waals surface area contributed by atoms with Crippen LogP contribution in [0.15, 0.2) is 24.7 Å². The Hall–Kier alpha value is -2.30. The highest BCUT2D eigenvalue weighted by Gasteiger charge is 2.04. The van der Waals surface area contributed by atoms with Crippen LogP contribution < -0.4 is 0 Å². The van der Waals surface area contributed by atoms with Crippen molar-refractivity contribution in [1.82, 2.24) is 19.5 Å². The minimum absolute atomic E-state index is 0.110. The number of nitrogens with zero attached hydrogens (tertiary/aromatic N) is 4. The molecule has 0 aromatic carbocycles. The Labute approximate surface area is 112 Å². The van der Waals surface area contributed by atoms with E-state index < -0.39 is 0 Å². The third kappa shape index (κ3) is 2.93. The van der Waals surface area contributed by atoms with Crippen molar-refractivity contribution in [3.05, 3.63) is 47.6 Å². The van der Waals surface area contributed by atoms with E-state index >= 15 is 0 Å². The standard InChI is InChI=1S/C14H16N4O/c1-4-14-16-7-11(8-17-14)13(19)6-5-12-9-15-10(2)18(12)3/h5-9H,4H2,1-3H3/b6-5+. The van der Waals surface area contributed by atoms with Crippen molar-refractivity contribution in [2.75, 3.05) is 0 Å². The van der Waals surface area contributed by atoms with Crippen LogP contribution in [0.3, 0.4) is 0 Å². The molecule has 2 aromatic rings. The molecule has 0 atom stereocenters. The van der Waals surface area contributed by atoms with Crippen molar-refractivity contribution < 1.29 is 4.79 Å². The van der Waals surface area contributed by atoms with E-state index in [1.54, 1.807) is 24.7 Å². The molecular weight excluding hydrogens is 240 g/mol. The minimum atomic E-state index is -0.110. The van der Waals surface area contributed by atoms with Crippen LogP contribution >= 0.6 is 0 Å². The first kappa shape index (κ1) is 13.1. The number of carbonyl (C=O) groups excluding carboxylic acids is 1. The van der Waals surface area contributed by atoms with E-state index in [9.17, 15) is 4.79 Å². The van der Waals surface area contributed by atoms with Crippen LogP contribution in [0.1, 0.15) is 34.6 Å². The molecular formula is C14H16N4O. The molecule has 0 aliphatic heterocycles. The average Bonchev–Trinajstić information content (AvgIpc) is 2.76. The van der Waals surface area contributed by atoms with Gasteiger partial charge in [0.2, 0.25) is 0 Å². The summed E-state index contributed by atoms with van der Waals surface area (Å²) in [6.07, 6.45) is 8.88. The lowest BCUT2D eigenvalue weighted by Crippen LogP contribution is -2.00. The number of ketones is 1. The van der Waals surface area contributed by atoms with Crippen LogP contribution in [-0.2, 0) is 13.5 Å². The highest BCUT2D eigenvalue weighted by molar-refractivity contribution is 6.06. The van der Waals surface area contributed by atoms with Gasteiger partial charge in [-0.3, -0.25) is 4.79 Å². The lowest BCUT2D eigenvalue weighted by atomic mass is 10.2. The van der Waals surface area contributed by atoms with Gasteiger partial charge in [0.05, 0.1) is 17.5 Å². The normalized spacial score (nSPS) is 11.1. The van der Waals surface area contributed by atoms with Gasteiger partial charge in [-0.05, 0) is 19.1 Å². The van der Waals surface area contributed by atoms with E-state index in [1.165, 1.54) is 6.08 Å². The molecule has 2 aromatic heterocycles. The lowest BCUT2D eigenvalue weighted by molar-refractivity contribution is 0.104. The third-order valence-corrected chi connectivity index (χ3v) is 2.97. The average molecular weight is 256 g/mol. The summed E-state index contributed by atoms with van der Waals surface area (Å²) in [6, 6.07) is 0. The van der Waals surface area contributed by atoms with Crippen LogP contribution in [0.4, 0.5) is 0 Å². The SMILES string of the molecule is CCc1ncc(C(=O)/C=C/c2cnc(C)n2C)cn1. The highest BCUT2D eigenvalue weighted by Crippen LogP contribution is 2.06. The lowest BCUT2D eigenvalue weighted by Gasteiger charge is -1.98. The van der Waals surface area contributed by atoms with E-state index in [-0.39, 0.29) is 5.78 Å². The molecule has 0 amide bonds. The Kier molecular flexibility index (Phi) is 3.85. The second-order valence-corrected chi connectivity index (χ2v) is 4.23. The molecule has 0 radical (unpaired) electrons. The van der Waals surface area contributed by atoms with Crippen molar-refractivity contribution in [1.29, 1.82) is 0 Å². The van der Waals surface area contributed by atoms with Crippen molar-refractivity contribution in [3.63, 3.8) is 0 Å². The number of carbonyl (C=O) groups is 1. The second-order valence-electron chi connectivity index (χ2n) is 4.23. The smallest absolute Gasteiger partial charge is 0.189 e. The first-order valence-electron chi connectivity index (χ1n) is 6.13. The van der Waals surface area contributed by atoms with Gasteiger partial charge in [0.1, 0.15) is 11.6 Å². The molecule has 5 nitrogen and oxygen atoms in total. The number of allylic oxidation sites excluding steroid dienone is 1. The minimum Gasteiger partial charge on any atom is -0.332 e. The van der Waals surface area contributed by atoms with Gasteiger partial charge in [-0.1, -0.05) is 6.92 Å². The Morgan fingerprint density at radius 3 is 2.47 bits per heavy atom.